The molecule has 0 amide bonds. The van der Waals surface area contributed by atoms with Gasteiger partial charge in [0.15, 0.2) is 11.5 Å². The Morgan fingerprint density at radius 2 is 0.816 bits per heavy atom. The highest BCUT2D eigenvalue weighted by atomic mass is 32.3. The van der Waals surface area contributed by atoms with Gasteiger partial charge in [0.25, 0.3) is 0 Å². The third kappa shape index (κ3) is 7.89. The average Bonchev–Trinajstić information content (AvgIpc) is 2.87. The van der Waals surface area contributed by atoms with Crippen LogP contribution in [0.4, 0.5) is 0 Å². The normalized spacial score (nSPS) is 12.2. The summed E-state index contributed by atoms with van der Waals surface area (Å²) in [5.41, 5.74) is 4.70. The molecular weight excluding hydrogens is 528 g/mol. The number of hydrogen-bond acceptors (Lipinski definition) is 6. The van der Waals surface area contributed by atoms with Crippen molar-refractivity contribution in [2.24, 2.45) is 0 Å². The van der Waals surface area contributed by atoms with E-state index < -0.39 is 20.8 Å². The van der Waals surface area contributed by atoms with E-state index in [1.54, 1.807) is 60.7 Å². The molecule has 0 aliphatic heterocycles. The Balaban J connectivity index is 1.45. The van der Waals surface area contributed by atoms with Crippen molar-refractivity contribution >= 4 is 45.1 Å². The number of para-hydroxylation sites is 2. The first-order valence-corrected chi connectivity index (χ1v) is 13.9. The second kappa shape index (κ2) is 11.4. The van der Waals surface area contributed by atoms with Crippen LogP contribution in [0.15, 0.2) is 97.1 Å². The molecule has 8 nitrogen and oxygen atoms in total. The lowest BCUT2D eigenvalue weighted by atomic mass is 10.0. The fraction of sp³-hybridized carbons (Fsp3) is 0. The van der Waals surface area contributed by atoms with Crippen molar-refractivity contribution in [3.8, 4) is 22.6 Å². The number of benzene rings is 4. The van der Waals surface area contributed by atoms with Gasteiger partial charge in [-0.15, -0.1) is 0 Å². The van der Waals surface area contributed by atoms with Crippen LogP contribution in [0.5, 0.6) is 11.5 Å². The molecule has 0 spiro atoms. The molecule has 0 bridgehead atoms. The molecule has 0 radical (unpaired) electrons. The summed E-state index contributed by atoms with van der Waals surface area (Å²) >= 11 is 0. The van der Waals surface area contributed by atoms with Crippen LogP contribution < -0.4 is 8.37 Å². The Morgan fingerprint density at radius 3 is 1.16 bits per heavy atom. The first-order chi connectivity index (χ1) is 18.1. The van der Waals surface area contributed by atoms with Crippen LogP contribution in [0.25, 0.3) is 35.4 Å². The standard InChI is InChI=1S/C28H22O8S2/c29-37(30,31)35-27-7-3-1-5-25(27)19-13-21-9-15-23(16-10-21)24-17-11-22(12-18-24)14-20-26-6-2-4-8-28(26)36-38(32,33)34/h1-20H,(H,29,30,31)(H,32,33,34)/b19-13+,20-14+. The summed E-state index contributed by atoms with van der Waals surface area (Å²) in [4.78, 5) is 0. The third-order valence-electron chi connectivity index (χ3n) is 5.29. The van der Waals surface area contributed by atoms with Gasteiger partial charge >= 0.3 is 20.8 Å². The lowest BCUT2D eigenvalue weighted by molar-refractivity contribution is 0.384. The molecule has 10 heteroatoms. The second-order valence-electron chi connectivity index (χ2n) is 8.01. The highest BCUT2D eigenvalue weighted by Gasteiger charge is 2.10. The van der Waals surface area contributed by atoms with E-state index in [4.69, 9.17) is 9.11 Å². The van der Waals surface area contributed by atoms with Crippen LogP contribution in [-0.4, -0.2) is 25.9 Å². The average molecular weight is 551 g/mol. The molecule has 4 aromatic rings. The molecule has 0 aliphatic carbocycles. The van der Waals surface area contributed by atoms with Crippen molar-refractivity contribution in [3.05, 3.63) is 119 Å². The molecule has 194 valence electrons. The summed E-state index contributed by atoms with van der Waals surface area (Å²) in [7, 11) is -9.25. The molecule has 4 rings (SSSR count). The predicted molar refractivity (Wildman–Crippen MR) is 147 cm³/mol. The molecule has 0 aliphatic rings. The van der Waals surface area contributed by atoms with Crippen LogP contribution in [0, 0.1) is 0 Å². The van der Waals surface area contributed by atoms with E-state index >= 15 is 0 Å². The van der Waals surface area contributed by atoms with E-state index in [9.17, 15) is 16.8 Å². The van der Waals surface area contributed by atoms with E-state index in [1.165, 1.54) is 12.1 Å². The fourth-order valence-electron chi connectivity index (χ4n) is 3.56. The Bertz CT molecular complexity index is 1560. The van der Waals surface area contributed by atoms with Crippen molar-refractivity contribution in [2.75, 3.05) is 0 Å². The first-order valence-electron chi connectivity index (χ1n) is 11.1. The van der Waals surface area contributed by atoms with Crippen LogP contribution >= 0.6 is 0 Å². The Hall–Kier alpha value is -4.22. The summed E-state index contributed by atoms with van der Waals surface area (Å²) in [6.07, 6.45) is 6.98. The molecule has 0 aromatic heterocycles. The highest BCUT2D eigenvalue weighted by Crippen LogP contribution is 2.25. The molecule has 38 heavy (non-hydrogen) atoms. The van der Waals surface area contributed by atoms with Crippen LogP contribution in [0.2, 0.25) is 0 Å². The quantitative estimate of drug-likeness (QED) is 0.190. The van der Waals surface area contributed by atoms with Crippen molar-refractivity contribution < 1.29 is 34.3 Å². The van der Waals surface area contributed by atoms with Crippen molar-refractivity contribution in [1.82, 2.24) is 0 Å². The molecular formula is C28H22O8S2. The monoisotopic (exact) mass is 550 g/mol. The molecule has 0 saturated carbocycles. The van der Waals surface area contributed by atoms with Crippen LogP contribution in [0.3, 0.4) is 0 Å². The molecule has 0 atom stereocenters. The molecule has 0 heterocycles. The van der Waals surface area contributed by atoms with Crippen LogP contribution in [0.1, 0.15) is 22.3 Å². The van der Waals surface area contributed by atoms with Gasteiger partial charge in [-0.05, 0) is 34.4 Å². The summed E-state index contributed by atoms with van der Waals surface area (Å²) in [5, 5.41) is 0. The lowest BCUT2D eigenvalue weighted by Gasteiger charge is -2.06. The van der Waals surface area contributed by atoms with E-state index in [0.29, 0.717) is 11.1 Å². The summed E-state index contributed by atoms with van der Waals surface area (Å²) in [6.45, 7) is 0. The zero-order chi connectivity index (χ0) is 27.2. The molecule has 0 fully saturated rings. The second-order valence-corrected chi connectivity index (χ2v) is 10.1. The van der Waals surface area contributed by atoms with Gasteiger partial charge in [0.05, 0.1) is 0 Å². The van der Waals surface area contributed by atoms with Gasteiger partial charge in [-0.25, -0.2) is 0 Å². The summed E-state index contributed by atoms with van der Waals surface area (Å²) < 4.78 is 71.3. The number of rotatable bonds is 9. The van der Waals surface area contributed by atoms with E-state index in [0.717, 1.165) is 22.3 Å². The highest BCUT2D eigenvalue weighted by molar-refractivity contribution is 7.81. The molecule has 0 saturated heterocycles. The van der Waals surface area contributed by atoms with E-state index in [-0.39, 0.29) is 11.5 Å². The first kappa shape index (κ1) is 26.8. The largest absolute Gasteiger partial charge is 0.446 e. The summed E-state index contributed by atoms with van der Waals surface area (Å²) in [6, 6.07) is 28.4. The zero-order valence-corrected chi connectivity index (χ0v) is 21.3. The molecule has 4 aromatic carbocycles. The van der Waals surface area contributed by atoms with Gasteiger partial charge in [-0.1, -0.05) is 109 Å². The van der Waals surface area contributed by atoms with Crippen molar-refractivity contribution in [2.45, 2.75) is 0 Å². The maximum Gasteiger partial charge on any atom is 0.446 e. The minimum atomic E-state index is -4.62. The minimum absolute atomic E-state index is 0.0199. The van der Waals surface area contributed by atoms with Crippen molar-refractivity contribution in [3.63, 3.8) is 0 Å². The Labute approximate surface area is 221 Å². The predicted octanol–water partition coefficient (Wildman–Crippen LogP) is 6.06. The SMILES string of the molecule is O=S(=O)(O)Oc1ccccc1/C=C/c1ccc(-c2ccc(/C=C/c3ccccc3OS(=O)(=O)O)cc2)cc1. The van der Waals surface area contributed by atoms with E-state index in [1.807, 2.05) is 48.5 Å². The van der Waals surface area contributed by atoms with Crippen molar-refractivity contribution in [1.29, 1.82) is 0 Å². The van der Waals surface area contributed by atoms with Gasteiger partial charge in [0.1, 0.15) is 0 Å². The number of hydrogen-bond donors (Lipinski definition) is 2. The minimum Gasteiger partial charge on any atom is -0.361 e. The zero-order valence-electron chi connectivity index (χ0n) is 19.7. The van der Waals surface area contributed by atoms with Gasteiger partial charge in [-0.3, -0.25) is 9.11 Å². The lowest BCUT2D eigenvalue weighted by Crippen LogP contribution is -2.07. The smallest absolute Gasteiger partial charge is 0.361 e. The van der Waals surface area contributed by atoms with Gasteiger partial charge in [0.2, 0.25) is 0 Å². The van der Waals surface area contributed by atoms with Gasteiger partial charge < -0.3 is 8.37 Å². The molecule has 0 unspecified atom stereocenters. The van der Waals surface area contributed by atoms with E-state index in [2.05, 4.69) is 8.37 Å². The van der Waals surface area contributed by atoms with Crippen LogP contribution in [-0.2, 0) is 20.8 Å². The third-order valence-corrected chi connectivity index (χ3v) is 6.07. The maximum atomic E-state index is 11.1. The Kier molecular flexibility index (Phi) is 8.08. The summed E-state index contributed by atoms with van der Waals surface area (Å²) in [5.74, 6) is 0.0397. The van der Waals surface area contributed by atoms with Gasteiger partial charge in [0, 0.05) is 11.1 Å². The molecule has 2 N–H and O–H groups in total. The Morgan fingerprint density at radius 1 is 0.474 bits per heavy atom. The maximum absolute atomic E-state index is 11.1. The topological polar surface area (TPSA) is 127 Å². The van der Waals surface area contributed by atoms with Gasteiger partial charge in [-0.2, -0.15) is 16.8 Å². The fourth-order valence-corrected chi connectivity index (χ4v) is 4.32.